The molecule has 0 amide bonds. The molecule has 0 fully saturated rings. The van der Waals surface area contributed by atoms with Gasteiger partial charge in [0.15, 0.2) is 0 Å². The van der Waals surface area contributed by atoms with E-state index < -0.39 is 11.9 Å². The summed E-state index contributed by atoms with van der Waals surface area (Å²) in [4.78, 5) is 23.4. The fourth-order valence-electron chi connectivity index (χ4n) is 5.97. The van der Waals surface area contributed by atoms with Crippen molar-refractivity contribution in [3.63, 3.8) is 0 Å². The summed E-state index contributed by atoms with van der Waals surface area (Å²) in [6.07, 6.45) is 1.10. The summed E-state index contributed by atoms with van der Waals surface area (Å²) < 4.78 is 3.74. The number of benzene rings is 4. The summed E-state index contributed by atoms with van der Waals surface area (Å²) in [7, 11) is 0. The smallest absolute Gasteiger partial charge is 0.338 e. The Morgan fingerprint density at radius 1 is 0.587 bits per heavy atom. The Bertz CT molecular complexity index is 2060. The molecule has 2 heterocycles. The highest BCUT2D eigenvalue weighted by atomic mass is 16.4. The number of hydrogen-bond acceptors (Lipinski definition) is 6. The van der Waals surface area contributed by atoms with Crippen LogP contribution >= 0.6 is 0 Å². The average molecular weight is 623 g/mol. The molecule has 6 aromatic rings. The molecule has 6 rings (SSSR count). The van der Waals surface area contributed by atoms with Crippen molar-refractivity contribution in [2.24, 2.45) is 0 Å². The van der Waals surface area contributed by atoms with Crippen LogP contribution < -0.4 is 0 Å². The molecule has 0 bridgehead atoms. The number of rotatable bonds is 8. The van der Waals surface area contributed by atoms with Crippen LogP contribution in [-0.2, 0) is 25.9 Å². The monoisotopic (exact) mass is 622 g/mol. The van der Waals surface area contributed by atoms with Crippen LogP contribution in [0.15, 0.2) is 84.9 Å². The second-order valence-corrected chi connectivity index (χ2v) is 10.8. The van der Waals surface area contributed by atoms with Crippen molar-refractivity contribution >= 4 is 33.7 Å². The molecule has 0 aliphatic carbocycles. The van der Waals surface area contributed by atoms with Gasteiger partial charge in [0.1, 0.15) is 23.0 Å². The van der Waals surface area contributed by atoms with E-state index >= 15 is 0 Å². The summed E-state index contributed by atoms with van der Waals surface area (Å²) in [6.45, 7) is 4.69. The Balaban J connectivity index is 0.000000181. The first-order valence-electron chi connectivity index (χ1n) is 14.7. The third-order valence-electron chi connectivity index (χ3n) is 7.98. The van der Waals surface area contributed by atoms with Crippen LogP contribution in [0.2, 0.25) is 0 Å². The molecule has 46 heavy (non-hydrogen) atoms. The lowest BCUT2D eigenvalue weighted by Crippen LogP contribution is -2.07. The molecule has 0 saturated carbocycles. The number of hydrogen-bond donors (Lipinski definition) is 6. The third-order valence-corrected chi connectivity index (χ3v) is 7.98. The fourth-order valence-corrected chi connectivity index (χ4v) is 5.97. The zero-order valence-electron chi connectivity index (χ0n) is 25.3. The fraction of sp³-hybridized carbons (Fsp3) is 0.167. The van der Waals surface area contributed by atoms with E-state index in [-0.39, 0.29) is 34.1 Å². The molecule has 0 saturated heterocycles. The van der Waals surface area contributed by atoms with E-state index in [1.54, 1.807) is 78.9 Å². The zero-order chi connectivity index (χ0) is 33.1. The molecule has 236 valence electrons. The molecular weight excluding hydrogens is 588 g/mol. The van der Waals surface area contributed by atoms with Gasteiger partial charge in [0.25, 0.3) is 0 Å². The molecule has 2 aromatic heterocycles. The van der Waals surface area contributed by atoms with Crippen molar-refractivity contribution < 1.29 is 40.2 Å². The van der Waals surface area contributed by atoms with Crippen LogP contribution in [0.3, 0.4) is 0 Å². The normalized spacial score (nSPS) is 11.0. The van der Waals surface area contributed by atoms with E-state index in [0.29, 0.717) is 59.1 Å². The Morgan fingerprint density at radius 3 is 1.59 bits per heavy atom. The van der Waals surface area contributed by atoms with Crippen LogP contribution in [0, 0.1) is 0 Å². The second kappa shape index (κ2) is 13.0. The van der Waals surface area contributed by atoms with Gasteiger partial charge in [0, 0.05) is 41.3 Å². The highest BCUT2D eigenvalue weighted by molar-refractivity contribution is 6.07. The number of phenolic OH excluding ortho intramolecular Hbond substituents is 4. The van der Waals surface area contributed by atoms with Gasteiger partial charge in [-0.2, -0.15) is 0 Å². The predicted octanol–water partition coefficient (Wildman–Crippen LogP) is 6.72. The van der Waals surface area contributed by atoms with E-state index in [9.17, 15) is 40.2 Å². The molecule has 0 spiro atoms. The number of phenols is 4. The minimum absolute atomic E-state index is 0.0588. The van der Waals surface area contributed by atoms with Gasteiger partial charge in [-0.05, 0) is 66.4 Å². The first-order chi connectivity index (χ1) is 22.0. The summed E-state index contributed by atoms with van der Waals surface area (Å²) in [5, 5.41) is 59.1. The molecule has 0 aliphatic heterocycles. The standard InChI is InChI=1S/2C18H17NO4/c1-2-15-17(18(22)23)14-8-7-13(21)9-16(14)19(15)10-11-3-5-12(20)6-4-11;1-2-14-16(18(22)23)13-4-3-5-15(21)17(13)19(14)10-11-6-8-12(20)9-7-11/h2*3-9,20-21H,2,10H2,1H3,(H,22,23). The van der Waals surface area contributed by atoms with Gasteiger partial charge in [-0.25, -0.2) is 9.59 Å². The zero-order valence-corrected chi connectivity index (χ0v) is 25.3. The first-order valence-corrected chi connectivity index (χ1v) is 14.7. The number of para-hydroxylation sites is 1. The van der Waals surface area contributed by atoms with E-state index in [2.05, 4.69) is 0 Å². The summed E-state index contributed by atoms with van der Waals surface area (Å²) in [5.74, 6) is -1.45. The van der Waals surface area contributed by atoms with Crippen molar-refractivity contribution in [1.82, 2.24) is 9.13 Å². The maximum atomic E-state index is 11.7. The van der Waals surface area contributed by atoms with Crippen molar-refractivity contribution in [3.8, 4) is 23.0 Å². The lowest BCUT2D eigenvalue weighted by atomic mass is 10.1. The number of fused-ring (bicyclic) bond motifs is 2. The van der Waals surface area contributed by atoms with Gasteiger partial charge >= 0.3 is 11.9 Å². The second-order valence-electron chi connectivity index (χ2n) is 10.8. The van der Waals surface area contributed by atoms with Crippen LogP contribution in [0.4, 0.5) is 0 Å². The number of carbonyl (C=O) groups is 2. The first kappa shape index (κ1) is 31.5. The van der Waals surface area contributed by atoms with Crippen LogP contribution in [-0.4, -0.2) is 51.7 Å². The van der Waals surface area contributed by atoms with Crippen LogP contribution in [0.25, 0.3) is 21.8 Å². The Kier molecular flexibility index (Phi) is 8.90. The van der Waals surface area contributed by atoms with Gasteiger partial charge in [0.05, 0.1) is 22.2 Å². The average Bonchev–Trinajstić information content (AvgIpc) is 3.52. The maximum absolute atomic E-state index is 11.7. The molecule has 10 nitrogen and oxygen atoms in total. The van der Waals surface area contributed by atoms with Crippen molar-refractivity contribution in [2.75, 3.05) is 0 Å². The molecule has 6 N–H and O–H groups in total. The number of nitrogens with zero attached hydrogens (tertiary/aromatic N) is 2. The largest absolute Gasteiger partial charge is 0.508 e. The highest BCUT2D eigenvalue weighted by Gasteiger charge is 2.23. The lowest BCUT2D eigenvalue weighted by Gasteiger charge is -2.11. The number of aromatic hydroxyl groups is 4. The van der Waals surface area contributed by atoms with Gasteiger partial charge < -0.3 is 39.8 Å². The van der Waals surface area contributed by atoms with Crippen LogP contribution in [0.1, 0.15) is 57.1 Å². The highest BCUT2D eigenvalue weighted by Crippen LogP contribution is 2.34. The molecule has 0 aliphatic rings. The molecule has 0 unspecified atom stereocenters. The molecule has 0 atom stereocenters. The Hall–Kier alpha value is -5.90. The summed E-state index contributed by atoms with van der Waals surface area (Å²) >= 11 is 0. The van der Waals surface area contributed by atoms with Gasteiger partial charge in [0.2, 0.25) is 0 Å². The number of carboxylic acid groups (broad SMARTS) is 2. The van der Waals surface area contributed by atoms with Crippen molar-refractivity contribution in [2.45, 2.75) is 39.8 Å². The van der Waals surface area contributed by atoms with Crippen molar-refractivity contribution in [3.05, 3.63) is 119 Å². The van der Waals surface area contributed by atoms with Crippen LogP contribution in [0.5, 0.6) is 23.0 Å². The van der Waals surface area contributed by atoms with Gasteiger partial charge in [-0.15, -0.1) is 0 Å². The van der Waals surface area contributed by atoms with E-state index in [1.165, 1.54) is 6.07 Å². The topological polar surface area (TPSA) is 165 Å². The summed E-state index contributed by atoms with van der Waals surface area (Å²) in [5.41, 5.74) is 4.96. The summed E-state index contributed by atoms with van der Waals surface area (Å²) in [6, 6.07) is 23.2. The lowest BCUT2D eigenvalue weighted by molar-refractivity contribution is 0.0686. The maximum Gasteiger partial charge on any atom is 0.338 e. The van der Waals surface area contributed by atoms with Gasteiger partial charge in [-0.1, -0.05) is 50.2 Å². The van der Waals surface area contributed by atoms with E-state index in [1.807, 2.05) is 23.0 Å². The SMILES string of the molecule is CCc1c(C(=O)O)c2ccc(O)cc2n1Cc1ccc(O)cc1.CCc1c(C(=O)O)c2cccc(O)c2n1Cc1ccc(O)cc1. The van der Waals surface area contributed by atoms with Gasteiger partial charge in [-0.3, -0.25) is 0 Å². The minimum atomic E-state index is -0.998. The van der Waals surface area contributed by atoms with E-state index in [0.717, 1.165) is 11.1 Å². The number of aromatic nitrogens is 2. The predicted molar refractivity (Wildman–Crippen MR) is 174 cm³/mol. The van der Waals surface area contributed by atoms with Crippen molar-refractivity contribution in [1.29, 1.82) is 0 Å². The number of carboxylic acids is 2. The Morgan fingerprint density at radius 2 is 1.07 bits per heavy atom. The van der Waals surface area contributed by atoms with E-state index in [4.69, 9.17) is 0 Å². The minimum Gasteiger partial charge on any atom is -0.508 e. The molecular formula is C36H34N2O8. The molecule has 0 radical (unpaired) electrons. The third kappa shape index (κ3) is 6.05. The Labute approximate surface area is 264 Å². The quantitative estimate of drug-likeness (QED) is 0.109. The molecule has 4 aromatic carbocycles. The number of aromatic carboxylic acids is 2. The molecule has 10 heteroatoms.